The number of unbranched alkanes of at least 4 members (excludes halogenated alkanes) is 2. The summed E-state index contributed by atoms with van der Waals surface area (Å²) < 4.78 is 18.8. The van der Waals surface area contributed by atoms with Gasteiger partial charge in [0.1, 0.15) is 11.4 Å². The first-order valence-electron chi connectivity index (χ1n) is 8.18. The molecule has 0 fully saturated rings. The van der Waals surface area contributed by atoms with Crippen LogP contribution in [0.1, 0.15) is 46.5 Å². The Bertz CT molecular complexity index is 555. The maximum atomic E-state index is 13.6. The van der Waals surface area contributed by atoms with Gasteiger partial charge in [0.2, 0.25) is 5.91 Å². The fourth-order valence-corrected chi connectivity index (χ4v) is 2.11. The molecule has 134 valence electrons. The molecule has 1 rings (SSSR count). The van der Waals surface area contributed by atoms with Crippen molar-refractivity contribution < 1.29 is 18.7 Å². The second-order valence-corrected chi connectivity index (χ2v) is 6.64. The number of halogens is 1. The molecule has 0 spiro atoms. The molecule has 2 amide bonds. The maximum Gasteiger partial charge on any atom is 0.407 e. The molecule has 0 radical (unpaired) electrons. The lowest BCUT2D eigenvalue weighted by Crippen LogP contribution is -2.33. The summed E-state index contributed by atoms with van der Waals surface area (Å²) in [6.07, 6.45) is 2.16. The molecule has 0 saturated carbocycles. The Labute approximate surface area is 143 Å². The topological polar surface area (TPSA) is 58.6 Å². The van der Waals surface area contributed by atoms with Crippen molar-refractivity contribution in [2.45, 2.75) is 52.1 Å². The normalized spacial score (nSPS) is 11.0. The SMILES string of the molecule is CN(C(=O)CCCCCNC(=O)OC(C)(C)C)c1ccccc1F. The molecule has 24 heavy (non-hydrogen) atoms. The van der Waals surface area contributed by atoms with E-state index < -0.39 is 17.5 Å². The number of nitrogens with one attached hydrogen (secondary N) is 1. The van der Waals surface area contributed by atoms with Crippen LogP contribution >= 0.6 is 0 Å². The second kappa shape index (κ2) is 9.25. The van der Waals surface area contributed by atoms with Crippen molar-refractivity contribution in [2.75, 3.05) is 18.5 Å². The highest BCUT2D eigenvalue weighted by molar-refractivity contribution is 5.92. The molecule has 0 aliphatic rings. The van der Waals surface area contributed by atoms with Gasteiger partial charge in [-0.2, -0.15) is 0 Å². The Morgan fingerprint density at radius 2 is 1.83 bits per heavy atom. The van der Waals surface area contributed by atoms with Gasteiger partial charge in [0.05, 0.1) is 5.69 Å². The fraction of sp³-hybridized carbons (Fsp3) is 0.556. The number of hydrogen-bond acceptors (Lipinski definition) is 3. The summed E-state index contributed by atoms with van der Waals surface area (Å²) in [5.74, 6) is -0.532. The number of benzene rings is 1. The smallest absolute Gasteiger partial charge is 0.407 e. The van der Waals surface area contributed by atoms with Crippen molar-refractivity contribution in [3.8, 4) is 0 Å². The predicted molar refractivity (Wildman–Crippen MR) is 92.5 cm³/mol. The number of nitrogens with zero attached hydrogens (tertiary/aromatic N) is 1. The van der Waals surface area contributed by atoms with Crippen LogP contribution in [0.3, 0.4) is 0 Å². The number of alkyl carbamates (subject to hydrolysis) is 1. The molecular formula is C18H27FN2O3. The Morgan fingerprint density at radius 3 is 2.46 bits per heavy atom. The molecule has 0 aromatic heterocycles. The van der Waals surface area contributed by atoms with Crippen LogP contribution in [-0.4, -0.2) is 31.2 Å². The molecule has 5 nitrogen and oxygen atoms in total. The Morgan fingerprint density at radius 1 is 1.17 bits per heavy atom. The van der Waals surface area contributed by atoms with E-state index in [0.29, 0.717) is 19.4 Å². The van der Waals surface area contributed by atoms with Gasteiger partial charge >= 0.3 is 6.09 Å². The number of para-hydroxylation sites is 1. The number of carbonyl (C=O) groups excluding carboxylic acids is 2. The van der Waals surface area contributed by atoms with Crippen LogP contribution in [-0.2, 0) is 9.53 Å². The summed E-state index contributed by atoms with van der Waals surface area (Å²) in [7, 11) is 1.57. The first-order chi connectivity index (χ1) is 11.2. The lowest BCUT2D eigenvalue weighted by Gasteiger charge is -2.19. The largest absolute Gasteiger partial charge is 0.444 e. The molecule has 1 aromatic carbocycles. The van der Waals surface area contributed by atoms with E-state index in [2.05, 4.69) is 5.32 Å². The van der Waals surface area contributed by atoms with E-state index in [1.807, 2.05) is 20.8 Å². The quantitative estimate of drug-likeness (QED) is 0.768. The molecule has 1 N–H and O–H groups in total. The summed E-state index contributed by atoms with van der Waals surface area (Å²) in [6, 6.07) is 6.21. The van der Waals surface area contributed by atoms with E-state index >= 15 is 0 Å². The van der Waals surface area contributed by atoms with Gasteiger partial charge in [-0.3, -0.25) is 4.79 Å². The fourth-order valence-electron chi connectivity index (χ4n) is 2.11. The van der Waals surface area contributed by atoms with Gasteiger partial charge in [0, 0.05) is 20.0 Å². The number of amides is 2. The number of carbonyl (C=O) groups is 2. The lowest BCUT2D eigenvalue weighted by atomic mass is 10.1. The zero-order chi connectivity index (χ0) is 18.2. The molecule has 0 aliphatic carbocycles. The van der Waals surface area contributed by atoms with Gasteiger partial charge in [0.25, 0.3) is 0 Å². The number of rotatable bonds is 7. The van der Waals surface area contributed by atoms with Gasteiger partial charge in [-0.1, -0.05) is 18.6 Å². The summed E-state index contributed by atoms with van der Waals surface area (Å²) >= 11 is 0. The molecule has 0 atom stereocenters. The Hall–Kier alpha value is -2.11. The van der Waals surface area contributed by atoms with E-state index in [-0.39, 0.29) is 11.6 Å². The summed E-state index contributed by atoms with van der Waals surface area (Å²) in [5, 5.41) is 2.68. The third-order valence-electron chi connectivity index (χ3n) is 3.32. The van der Waals surface area contributed by atoms with E-state index in [4.69, 9.17) is 4.74 Å². The minimum atomic E-state index is -0.506. The Balaban J connectivity index is 2.20. The van der Waals surface area contributed by atoms with Crippen molar-refractivity contribution >= 4 is 17.7 Å². The monoisotopic (exact) mass is 338 g/mol. The summed E-state index contributed by atoms with van der Waals surface area (Å²) in [5.41, 5.74) is -0.220. The maximum absolute atomic E-state index is 13.6. The molecule has 0 bridgehead atoms. The molecular weight excluding hydrogens is 311 g/mol. The lowest BCUT2D eigenvalue weighted by molar-refractivity contribution is -0.118. The number of anilines is 1. The van der Waals surface area contributed by atoms with Crippen LogP contribution in [0.2, 0.25) is 0 Å². The van der Waals surface area contributed by atoms with Crippen molar-refractivity contribution in [3.05, 3.63) is 30.1 Å². The standard InChI is InChI=1S/C18H27FN2O3/c1-18(2,3)24-17(23)20-13-9-5-6-12-16(22)21(4)15-11-8-7-10-14(15)19/h7-8,10-11H,5-6,9,12-13H2,1-4H3,(H,20,23). The van der Waals surface area contributed by atoms with Gasteiger partial charge in [0.15, 0.2) is 0 Å². The van der Waals surface area contributed by atoms with Gasteiger partial charge in [-0.25, -0.2) is 9.18 Å². The first kappa shape index (κ1) is 19.9. The van der Waals surface area contributed by atoms with Gasteiger partial charge in [-0.15, -0.1) is 0 Å². The highest BCUT2D eigenvalue weighted by Gasteiger charge is 2.16. The Kier molecular flexibility index (Phi) is 7.68. The van der Waals surface area contributed by atoms with Crippen LogP contribution in [0.4, 0.5) is 14.9 Å². The average Bonchev–Trinajstić information content (AvgIpc) is 2.48. The van der Waals surface area contributed by atoms with Gasteiger partial charge < -0.3 is 15.0 Å². The van der Waals surface area contributed by atoms with Crippen LogP contribution in [0.5, 0.6) is 0 Å². The predicted octanol–water partition coefficient (Wildman–Crippen LogP) is 3.87. The molecule has 1 aromatic rings. The second-order valence-electron chi connectivity index (χ2n) is 6.64. The van der Waals surface area contributed by atoms with Crippen molar-refractivity contribution in [1.82, 2.24) is 5.32 Å². The van der Waals surface area contributed by atoms with Crippen LogP contribution in [0, 0.1) is 5.82 Å². The van der Waals surface area contributed by atoms with Crippen molar-refractivity contribution in [3.63, 3.8) is 0 Å². The minimum absolute atomic E-state index is 0.125. The van der Waals surface area contributed by atoms with Crippen LogP contribution in [0.25, 0.3) is 0 Å². The molecule has 6 heteroatoms. The number of ether oxygens (including phenoxy) is 1. The average molecular weight is 338 g/mol. The number of hydrogen-bond donors (Lipinski definition) is 1. The zero-order valence-electron chi connectivity index (χ0n) is 14.9. The molecule has 0 saturated heterocycles. The van der Waals surface area contributed by atoms with Crippen molar-refractivity contribution in [2.24, 2.45) is 0 Å². The highest BCUT2D eigenvalue weighted by Crippen LogP contribution is 2.18. The van der Waals surface area contributed by atoms with E-state index in [0.717, 1.165) is 12.8 Å². The zero-order valence-corrected chi connectivity index (χ0v) is 14.9. The van der Waals surface area contributed by atoms with E-state index in [9.17, 15) is 14.0 Å². The third-order valence-corrected chi connectivity index (χ3v) is 3.32. The summed E-state index contributed by atoms with van der Waals surface area (Å²) in [4.78, 5) is 24.9. The molecule has 0 aliphatic heterocycles. The van der Waals surface area contributed by atoms with Gasteiger partial charge in [-0.05, 0) is 45.7 Å². The molecule has 0 heterocycles. The van der Waals surface area contributed by atoms with Crippen molar-refractivity contribution in [1.29, 1.82) is 0 Å². The highest BCUT2D eigenvalue weighted by atomic mass is 19.1. The minimum Gasteiger partial charge on any atom is -0.444 e. The summed E-state index contributed by atoms with van der Waals surface area (Å²) in [6.45, 7) is 5.94. The van der Waals surface area contributed by atoms with E-state index in [1.165, 1.54) is 11.0 Å². The molecule has 0 unspecified atom stereocenters. The third kappa shape index (κ3) is 7.44. The first-order valence-corrected chi connectivity index (χ1v) is 8.18. The van der Waals surface area contributed by atoms with Crippen LogP contribution in [0.15, 0.2) is 24.3 Å². The van der Waals surface area contributed by atoms with E-state index in [1.54, 1.807) is 25.2 Å². The van der Waals surface area contributed by atoms with Crippen LogP contribution < -0.4 is 10.2 Å².